The van der Waals surface area contributed by atoms with Crippen molar-refractivity contribution in [2.75, 3.05) is 12.4 Å². The molecule has 90 valence electrons. The van der Waals surface area contributed by atoms with Gasteiger partial charge < -0.3 is 5.32 Å². The molecule has 4 heteroatoms. The summed E-state index contributed by atoms with van der Waals surface area (Å²) in [4.78, 5) is 4.55. The van der Waals surface area contributed by atoms with Gasteiger partial charge in [-0.15, -0.1) is 0 Å². The fourth-order valence-electron chi connectivity index (χ4n) is 2.02. The molecule has 3 aromatic rings. The van der Waals surface area contributed by atoms with E-state index in [4.69, 9.17) is 0 Å². The van der Waals surface area contributed by atoms with Crippen molar-refractivity contribution >= 4 is 11.5 Å². The number of anilines is 1. The minimum atomic E-state index is 0.844. The van der Waals surface area contributed by atoms with Crippen molar-refractivity contribution in [1.29, 1.82) is 0 Å². The zero-order chi connectivity index (χ0) is 12.5. The van der Waals surface area contributed by atoms with E-state index in [0.29, 0.717) is 0 Å². The Labute approximate surface area is 105 Å². The fraction of sp³-hybridized carbons (Fsp3) is 0.143. The van der Waals surface area contributed by atoms with E-state index < -0.39 is 0 Å². The molecule has 0 amide bonds. The van der Waals surface area contributed by atoms with Crippen LogP contribution in [0.2, 0.25) is 0 Å². The molecule has 4 nitrogen and oxygen atoms in total. The average molecular weight is 238 g/mol. The van der Waals surface area contributed by atoms with Crippen LogP contribution in [-0.4, -0.2) is 21.6 Å². The number of aromatic nitrogens is 3. The average Bonchev–Trinajstić information content (AvgIpc) is 2.81. The van der Waals surface area contributed by atoms with E-state index in [9.17, 15) is 0 Å². The van der Waals surface area contributed by atoms with E-state index in [-0.39, 0.29) is 0 Å². The van der Waals surface area contributed by atoms with E-state index in [2.05, 4.69) is 46.6 Å². The summed E-state index contributed by atoms with van der Waals surface area (Å²) in [6.07, 6.45) is 3.77. The molecule has 1 N–H and O–H groups in total. The van der Waals surface area contributed by atoms with Crippen LogP contribution in [0.25, 0.3) is 16.8 Å². The first-order valence-corrected chi connectivity index (χ1v) is 5.87. The largest absolute Gasteiger partial charge is 0.373 e. The molecule has 2 heterocycles. The third-order valence-corrected chi connectivity index (χ3v) is 2.95. The molecule has 0 saturated carbocycles. The summed E-state index contributed by atoms with van der Waals surface area (Å²) in [5.41, 5.74) is 4.30. The standard InChI is InChI=1S/C14H14N4/c1-10-4-3-5-11(8-10)12-9-16-18-7-6-13(15-2)17-14(12)18/h3-9H,1-2H3,(H,15,17). The monoisotopic (exact) mass is 238 g/mol. The molecule has 0 fully saturated rings. The Kier molecular flexibility index (Phi) is 2.48. The molecule has 0 saturated heterocycles. The van der Waals surface area contributed by atoms with Crippen LogP contribution in [0.5, 0.6) is 0 Å². The van der Waals surface area contributed by atoms with Crippen LogP contribution >= 0.6 is 0 Å². The lowest BCUT2D eigenvalue weighted by Crippen LogP contribution is -1.96. The number of aryl methyl sites for hydroxylation is 1. The summed E-state index contributed by atoms with van der Waals surface area (Å²) < 4.78 is 1.79. The van der Waals surface area contributed by atoms with Crippen LogP contribution in [0, 0.1) is 6.92 Å². The van der Waals surface area contributed by atoms with E-state index in [1.54, 1.807) is 4.52 Å². The highest BCUT2D eigenvalue weighted by Crippen LogP contribution is 2.24. The zero-order valence-corrected chi connectivity index (χ0v) is 10.4. The van der Waals surface area contributed by atoms with Crippen LogP contribution in [0.15, 0.2) is 42.7 Å². The van der Waals surface area contributed by atoms with Gasteiger partial charge >= 0.3 is 0 Å². The predicted octanol–water partition coefficient (Wildman–Crippen LogP) is 2.75. The fourth-order valence-corrected chi connectivity index (χ4v) is 2.02. The number of hydrogen-bond acceptors (Lipinski definition) is 3. The van der Waals surface area contributed by atoms with Crippen molar-refractivity contribution in [1.82, 2.24) is 14.6 Å². The molecule has 0 bridgehead atoms. The molecule has 0 unspecified atom stereocenters. The highest BCUT2D eigenvalue weighted by molar-refractivity contribution is 5.77. The Morgan fingerprint density at radius 2 is 2.11 bits per heavy atom. The third-order valence-electron chi connectivity index (χ3n) is 2.95. The van der Waals surface area contributed by atoms with Gasteiger partial charge in [-0.25, -0.2) is 9.50 Å². The second kappa shape index (κ2) is 4.14. The summed E-state index contributed by atoms with van der Waals surface area (Å²) in [5, 5.41) is 7.37. The second-order valence-corrected chi connectivity index (χ2v) is 4.26. The van der Waals surface area contributed by atoms with Crippen LogP contribution < -0.4 is 5.32 Å². The number of fused-ring (bicyclic) bond motifs is 1. The van der Waals surface area contributed by atoms with Crippen molar-refractivity contribution in [3.8, 4) is 11.1 Å². The van der Waals surface area contributed by atoms with E-state index in [0.717, 1.165) is 22.6 Å². The molecule has 0 aliphatic rings. The number of benzene rings is 1. The minimum absolute atomic E-state index is 0.844. The first-order chi connectivity index (χ1) is 8.78. The second-order valence-electron chi connectivity index (χ2n) is 4.26. The molecule has 3 rings (SSSR count). The first-order valence-electron chi connectivity index (χ1n) is 5.87. The van der Waals surface area contributed by atoms with Gasteiger partial charge in [0.15, 0.2) is 5.65 Å². The minimum Gasteiger partial charge on any atom is -0.373 e. The van der Waals surface area contributed by atoms with Gasteiger partial charge in [-0.05, 0) is 18.6 Å². The molecule has 0 atom stereocenters. The normalized spacial score (nSPS) is 10.8. The Hall–Kier alpha value is -2.36. The molecule has 0 radical (unpaired) electrons. The Morgan fingerprint density at radius 3 is 2.89 bits per heavy atom. The quantitative estimate of drug-likeness (QED) is 0.746. The van der Waals surface area contributed by atoms with Crippen LogP contribution in [0.1, 0.15) is 5.56 Å². The van der Waals surface area contributed by atoms with E-state index in [1.807, 2.05) is 25.5 Å². The number of nitrogens with one attached hydrogen (secondary N) is 1. The van der Waals surface area contributed by atoms with Crippen LogP contribution in [0.4, 0.5) is 5.82 Å². The van der Waals surface area contributed by atoms with Crippen LogP contribution in [-0.2, 0) is 0 Å². The SMILES string of the molecule is CNc1ccn2ncc(-c3cccc(C)c3)c2n1. The summed E-state index contributed by atoms with van der Waals surface area (Å²) in [7, 11) is 1.86. The maximum Gasteiger partial charge on any atom is 0.165 e. The molecular formula is C14H14N4. The van der Waals surface area contributed by atoms with Gasteiger partial charge in [0.1, 0.15) is 5.82 Å². The predicted molar refractivity (Wildman–Crippen MR) is 72.7 cm³/mol. The van der Waals surface area contributed by atoms with Gasteiger partial charge in [-0.3, -0.25) is 0 Å². The highest BCUT2D eigenvalue weighted by atomic mass is 15.2. The maximum atomic E-state index is 4.55. The zero-order valence-electron chi connectivity index (χ0n) is 10.4. The van der Waals surface area contributed by atoms with Gasteiger partial charge in [0.25, 0.3) is 0 Å². The molecule has 2 aromatic heterocycles. The van der Waals surface area contributed by atoms with Gasteiger partial charge in [0.2, 0.25) is 0 Å². The Morgan fingerprint density at radius 1 is 1.22 bits per heavy atom. The number of rotatable bonds is 2. The Balaban J connectivity index is 2.22. The van der Waals surface area contributed by atoms with Gasteiger partial charge in [-0.2, -0.15) is 5.10 Å². The van der Waals surface area contributed by atoms with Crippen LogP contribution in [0.3, 0.4) is 0 Å². The molecule has 0 spiro atoms. The maximum absolute atomic E-state index is 4.55. The summed E-state index contributed by atoms with van der Waals surface area (Å²) >= 11 is 0. The summed E-state index contributed by atoms with van der Waals surface area (Å²) in [6, 6.07) is 10.3. The lowest BCUT2D eigenvalue weighted by molar-refractivity contribution is 0.940. The van der Waals surface area contributed by atoms with E-state index >= 15 is 0 Å². The van der Waals surface area contributed by atoms with E-state index in [1.165, 1.54) is 5.56 Å². The summed E-state index contributed by atoms with van der Waals surface area (Å²) in [6.45, 7) is 2.08. The molecule has 0 aliphatic heterocycles. The topological polar surface area (TPSA) is 42.2 Å². The molecule has 0 aliphatic carbocycles. The van der Waals surface area contributed by atoms with Crippen molar-refractivity contribution in [2.24, 2.45) is 0 Å². The smallest absolute Gasteiger partial charge is 0.165 e. The van der Waals surface area contributed by atoms with Crippen molar-refractivity contribution in [3.63, 3.8) is 0 Å². The first kappa shape index (κ1) is 10.8. The van der Waals surface area contributed by atoms with Gasteiger partial charge in [0.05, 0.1) is 6.20 Å². The number of hydrogen-bond donors (Lipinski definition) is 1. The molecular weight excluding hydrogens is 224 g/mol. The lowest BCUT2D eigenvalue weighted by Gasteiger charge is -2.02. The van der Waals surface area contributed by atoms with Crippen molar-refractivity contribution < 1.29 is 0 Å². The molecule has 18 heavy (non-hydrogen) atoms. The van der Waals surface area contributed by atoms with Gasteiger partial charge in [-0.1, -0.05) is 29.8 Å². The number of nitrogens with zero attached hydrogens (tertiary/aromatic N) is 3. The third kappa shape index (κ3) is 1.72. The summed E-state index contributed by atoms with van der Waals surface area (Å²) in [5.74, 6) is 0.844. The van der Waals surface area contributed by atoms with Crippen molar-refractivity contribution in [3.05, 3.63) is 48.3 Å². The lowest BCUT2D eigenvalue weighted by atomic mass is 10.1. The Bertz CT molecular complexity index is 700. The van der Waals surface area contributed by atoms with Gasteiger partial charge in [0, 0.05) is 18.8 Å². The molecule has 1 aromatic carbocycles. The van der Waals surface area contributed by atoms with Crippen molar-refractivity contribution in [2.45, 2.75) is 6.92 Å². The highest BCUT2D eigenvalue weighted by Gasteiger charge is 2.08.